The quantitative estimate of drug-likeness (QED) is 0.871. The van der Waals surface area contributed by atoms with Crippen molar-refractivity contribution in [2.45, 2.75) is 59.0 Å². The van der Waals surface area contributed by atoms with E-state index in [0.717, 1.165) is 24.1 Å². The number of nitrogens with one attached hydrogen (secondary N) is 1. The molecule has 0 aliphatic rings. The van der Waals surface area contributed by atoms with E-state index in [2.05, 4.69) is 38.1 Å². The van der Waals surface area contributed by atoms with Crippen LogP contribution in [-0.4, -0.2) is 16.8 Å². The second-order valence-electron chi connectivity index (χ2n) is 5.72. The molecule has 0 aromatic carbocycles. The third kappa shape index (κ3) is 3.67. The van der Waals surface area contributed by atoms with Gasteiger partial charge >= 0.3 is 0 Å². The van der Waals surface area contributed by atoms with E-state index >= 15 is 0 Å². The highest BCUT2D eigenvalue weighted by Crippen LogP contribution is 2.19. The van der Waals surface area contributed by atoms with Crippen molar-refractivity contribution in [1.82, 2.24) is 15.1 Å². The molecule has 0 aliphatic heterocycles. The van der Waals surface area contributed by atoms with Crippen molar-refractivity contribution in [3.8, 4) is 0 Å². The Morgan fingerprint density at radius 1 is 1.39 bits per heavy atom. The number of hydrogen-bond donors (Lipinski definition) is 1. The summed E-state index contributed by atoms with van der Waals surface area (Å²) >= 11 is 0. The minimum absolute atomic E-state index is 0.0331. The second kappa shape index (κ2) is 6.14. The summed E-state index contributed by atoms with van der Waals surface area (Å²) < 4.78 is 1.62. The van der Waals surface area contributed by atoms with Crippen molar-refractivity contribution in [2.75, 3.05) is 7.05 Å². The number of aromatic nitrogens is 2. The van der Waals surface area contributed by atoms with Crippen molar-refractivity contribution < 1.29 is 0 Å². The van der Waals surface area contributed by atoms with Gasteiger partial charge in [-0.1, -0.05) is 34.1 Å². The van der Waals surface area contributed by atoms with Crippen molar-refractivity contribution >= 4 is 0 Å². The van der Waals surface area contributed by atoms with E-state index in [-0.39, 0.29) is 11.0 Å². The van der Waals surface area contributed by atoms with E-state index in [1.165, 1.54) is 0 Å². The Bertz CT molecular complexity index is 443. The zero-order chi connectivity index (χ0) is 13.8. The van der Waals surface area contributed by atoms with Gasteiger partial charge in [0, 0.05) is 24.1 Å². The van der Waals surface area contributed by atoms with Crippen LogP contribution < -0.4 is 10.9 Å². The Morgan fingerprint density at radius 2 is 2.06 bits per heavy atom. The lowest BCUT2D eigenvalue weighted by atomic mass is 9.91. The maximum atomic E-state index is 12.2. The first-order valence-electron chi connectivity index (χ1n) is 6.66. The third-order valence-electron chi connectivity index (χ3n) is 2.91. The zero-order valence-electron chi connectivity index (χ0n) is 12.2. The maximum Gasteiger partial charge on any atom is 0.271 e. The summed E-state index contributed by atoms with van der Waals surface area (Å²) in [5, 5.41) is 7.55. The maximum absolute atomic E-state index is 12.2. The minimum Gasteiger partial charge on any atom is -0.315 e. The molecule has 0 fully saturated rings. The van der Waals surface area contributed by atoms with Crippen LogP contribution in [0.3, 0.4) is 0 Å². The SMILES string of the molecule is CCCCn1nc(C(C)(C)C)cc(CNC)c1=O. The molecule has 4 heteroatoms. The van der Waals surface area contributed by atoms with Crippen LogP contribution >= 0.6 is 0 Å². The summed E-state index contributed by atoms with van der Waals surface area (Å²) in [4.78, 5) is 12.2. The van der Waals surface area contributed by atoms with Gasteiger partial charge in [-0.2, -0.15) is 5.10 Å². The molecule has 18 heavy (non-hydrogen) atoms. The lowest BCUT2D eigenvalue weighted by molar-refractivity contribution is 0.481. The summed E-state index contributed by atoms with van der Waals surface area (Å²) in [5.41, 5.74) is 1.77. The molecule has 0 amide bonds. The molecule has 0 unspecified atom stereocenters. The van der Waals surface area contributed by atoms with Gasteiger partial charge in [-0.15, -0.1) is 0 Å². The minimum atomic E-state index is -0.0375. The summed E-state index contributed by atoms with van der Waals surface area (Å²) in [6, 6.07) is 1.93. The molecular weight excluding hydrogens is 226 g/mol. The summed E-state index contributed by atoms with van der Waals surface area (Å²) in [6.07, 6.45) is 2.05. The highest BCUT2D eigenvalue weighted by Gasteiger charge is 2.18. The Labute approximate surface area is 109 Å². The van der Waals surface area contributed by atoms with E-state index in [1.54, 1.807) is 4.68 Å². The number of hydrogen-bond acceptors (Lipinski definition) is 3. The van der Waals surface area contributed by atoms with Crippen molar-refractivity contribution in [3.63, 3.8) is 0 Å². The molecule has 0 saturated heterocycles. The Kier molecular flexibility index (Phi) is 5.08. The molecule has 0 radical (unpaired) electrons. The first-order valence-corrected chi connectivity index (χ1v) is 6.66. The van der Waals surface area contributed by atoms with E-state index in [9.17, 15) is 4.79 Å². The summed E-state index contributed by atoms with van der Waals surface area (Å²) in [7, 11) is 1.85. The van der Waals surface area contributed by atoms with Crippen LogP contribution in [0.2, 0.25) is 0 Å². The molecule has 1 N–H and O–H groups in total. The molecule has 0 saturated carbocycles. The van der Waals surface area contributed by atoms with Gasteiger partial charge in [-0.25, -0.2) is 4.68 Å². The Morgan fingerprint density at radius 3 is 2.56 bits per heavy atom. The van der Waals surface area contributed by atoms with Crippen LogP contribution in [0.15, 0.2) is 10.9 Å². The van der Waals surface area contributed by atoms with E-state index in [1.807, 2.05) is 13.1 Å². The smallest absolute Gasteiger partial charge is 0.271 e. The number of nitrogens with zero attached hydrogens (tertiary/aromatic N) is 2. The van der Waals surface area contributed by atoms with Crippen LogP contribution in [0.1, 0.15) is 51.8 Å². The molecule has 4 nitrogen and oxygen atoms in total. The largest absolute Gasteiger partial charge is 0.315 e. The van der Waals surface area contributed by atoms with Crippen LogP contribution in [0.4, 0.5) is 0 Å². The van der Waals surface area contributed by atoms with Crippen LogP contribution in [-0.2, 0) is 18.5 Å². The molecular formula is C14H25N3O. The summed E-state index contributed by atoms with van der Waals surface area (Å²) in [5.74, 6) is 0. The van der Waals surface area contributed by atoms with Gasteiger partial charge in [0.15, 0.2) is 0 Å². The Balaban J connectivity index is 3.23. The van der Waals surface area contributed by atoms with E-state index < -0.39 is 0 Å². The third-order valence-corrected chi connectivity index (χ3v) is 2.91. The zero-order valence-corrected chi connectivity index (χ0v) is 12.2. The average Bonchev–Trinajstić information content (AvgIpc) is 2.29. The number of aryl methyl sites for hydroxylation is 1. The second-order valence-corrected chi connectivity index (χ2v) is 5.72. The predicted octanol–water partition coefficient (Wildman–Crippen LogP) is 2.06. The van der Waals surface area contributed by atoms with E-state index in [4.69, 9.17) is 0 Å². The number of unbranched alkanes of at least 4 members (excludes halogenated alkanes) is 1. The molecule has 1 aromatic rings. The first-order chi connectivity index (χ1) is 8.40. The average molecular weight is 251 g/mol. The fourth-order valence-corrected chi connectivity index (χ4v) is 1.74. The predicted molar refractivity (Wildman–Crippen MR) is 74.9 cm³/mol. The lowest BCUT2D eigenvalue weighted by Gasteiger charge is -2.20. The summed E-state index contributed by atoms with van der Waals surface area (Å²) in [6.45, 7) is 9.77. The van der Waals surface area contributed by atoms with Gasteiger partial charge < -0.3 is 5.32 Å². The standard InChI is InChI=1S/C14H25N3O/c1-6-7-8-17-13(18)11(10-15-5)9-12(16-17)14(2,3)4/h9,15H,6-8,10H2,1-5H3. The molecule has 1 aromatic heterocycles. The molecule has 1 heterocycles. The van der Waals surface area contributed by atoms with Crippen molar-refractivity contribution in [1.29, 1.82) is 0 Å². The normalized spacial score (nSPS) is 11.8. The fraction of sp³-hybridized carbons (Fsp3) is 0.714. The monoisotopic (exact) mass is 251 g/mol. The molecule has 102 valence electrons. The highest BCUT2D eigenvalue weighted by molar-refractivity contribution is 5.19. The van der Waals surface area contributed by atoms with Crippen molar-refractivity contribution in [2.24, 2.45) is 0 Å². The van der Waals surface area contributed by atoms with Gasteiger partial charge in [-0.3, -0.25) is 4.79 Å². The van der Waals surface area contributed by atoms with Gasteiger partial charge in [-0.05, 0) is 19.5 Å². The van der Waals surface area contributed by atoms with Gasteiger partial charge in [0.1, 0.15) is 0 Å². The molecule has 0 spiro atoms. The number of rotatable bonds is 5. The molecule has 0 bridgehead atoms. The van der Waals surface area contributed by atoms with Crippen LogP contribution in [0.25, 0.3) is 0 Å². The van der Waals surface area contributed by atoms with Gasteiger partial charge in [0.25, 0.3) is 5.56 Å². The Hall–Kier alpha value is -1.16. The van der Waals surface area contributed by atoms with Gasteiger partial charge in [0.2, 0.25) is 0 Å². The van der Waals surface area contributed by atoms with Gasteiger partial charge in [0.05, 0.1) is 5.69 Å². The first kappa shape index (κ1) is 14.9. The fourth-order valence-electron chi connectivity index (χ4n) is 1.74. The molecule has 1 rings (SSSR count). The lowest BCUT2D eigenvalue weighted by Crippen LogP contribution is -2.32. The topological polar surface area (TPSA) is 46.9 Å². The highest BCUT2D eigenvalue weighted by atomic mass is 16.1. The van der Waals surface area contributed by atoms with Crippen LogP contribution in [0, 0.1) is 0 Å². The van der Waals surface area contributed by atoms with Crippen molar-refractivity contribution in [3.05, 3.63) is 27.7 Å². The van der Waals surface area contributed by atoms with E-state index in [0.29, 0.717) is 13.1 Å². The molecule has 0 atom stereocenters. The molecule has 0 aliphatic carbocycles. The van der Waals surface area contributed by atoms with Crippen LogP contribution in [0.5, 0.6) is 0 Å².